The van der Waals surface area contributed by atoms with Crippen LogP contribution in [0.5, 0.6) is 5.75 Å². The SMILES string of the molecule is COc1cccc2c1c(NS(=O)(=O)c1ccc(Cl)s1)nn2Cc1cccc(CN2CCC[C@@]2(C)C(N)=O)c1. The van der Waals surface area contributed by atoms with Crippen LogP contribution in [0.4, 0.5) is 5.82 Å². The minimum atomic E-state index is -3.90. The Morgan fingerprint density at radius 3 is 2.61 bits per heavy atom. The van der Waals surface area contributed by atoms with E-state index < -0.39 is 15.6 Å². The quantitative estimate of drug-likeness (QED) is 0.305. The van der Waals surface area contributed by atoms with E-state index in [-0.39, 0.29) is 15.9 Å². The number of anilines is 1. The number of hydrogen-bond acceptors (Lipinski definition) is 7. The normalized spacial score (nSPS) is 18.2. The summed E-state index contributed by atoms with van der Waals surface area (Å²) in [6.07, 6.45) is 1.68. The predicted molar refractivity (Wildman–Crippen MR) is 149 cm³/mol. The lowest BCUT2D eigenvalue weighted by Crippen LogP contribution is -2.51. The van der Waals surface area contributed by atoms with Crippen LogP contribution in [0.15, 0.2) is 58.8 Å². The van der Waals surface area contributed by atoms with Crippen molar-refractivity contribution in [1.82, 2.24) is 14.7 Å². The van der Waals surface area contributed by atoms with Crippen molar-refractivity contribution >= 4 is 55.6 Å². The molecule has 0 aliphatic carbocycles. The van der Waals surface area contributed by atoms with E-state index in [9.17, 15) is 13.2 Å². The van der Waals surface area contributed by atoms with Gasteiger partial charge in [0.15, 0.2) is 5.82 Å². The Bertz CT molecular complexity index is 1620. The van der Waals surface area contributed by atoms with Gasteiger partial charge < -0.3 is 10.5 Å². The highest BCUT2D eigenvalue weighted by molar-refractivity contribution is 7.94. The molecule has 0 radical (unpaired) electrons. The maximum atomic E-state index is 13.0. The van der Waals surface area contributed by atoms with Gasteiger partial charge in [0.25, 0.3) is 10.0 Å². The maximum absolute atomic E-state index is 13.0. The maximum Gasteiger partial charge on any atom is 0.272 e. The van der Waals surface area contributed by atoms with Crippen molar-refractivity contribution in [1.29, 1.82) is 0 Å². The fourth-order valence-electron chi connectivity index (χ4n) is 4.95. The van der Waals surface area contributed by atoms with Gasteiger partial charge in [0.05, 0.1) is 34.4 Å². The molecule has 2 aromatic heterocycles. The number of fused-ring (bicyclic) bond motifs is 1. The van der Waals surface area contributed by atoms with E-state index in [1.807, 2.05) is 37.3 Å². The summed E-state index contributed by atoms with van der Waals surface area (Å²) >= 11 is 6.94. The molecule has 5 rings (SSSR count). The second kappa shape index (κ2) is 10.2. The van der Waals surface area contributed by atoms with E-state index in [0.717, 1.165) is 47.4 Å². The molecule has 9 nitrogen and oxygen atoms in total. The zero-order valence-electron chi connectivity index (χ0n) is 21.0. The number of ether oxygens (including phenoxy) is 1. The van der Waals surface area contributed by atoms with Gasteiger partial charge in [-0.15, -0.1) is 11.3 Å². The molecule has 1 aliphatic heterocycles. The number of carbonyl (C=O) groups excluding carboxylic acids is 1. The molecule has 0 unspecified atom stereocenters. The Hall–Kier alpha value is -3.12. The van der Waals surface area contributed by atoms with Crippen LogP contribution >= 0.6 is 22.9 Å². The first kappa shape index (κ1) is 26.5. The number of sulfonamides is 1. The van der Waals surface area contributed by atoms with Gasteiger partial charge in [0, 0.05) is 6.54 Å². The number of hydrogen-bond donors (Lipinski definition) is 2. The first-order valence-electron chi connectivity index (χ1n) is 12.1. The Morgan fingerprint density at radius 2 is 1.92 bits per heavy atom. The number of rotatable bonds is 9. The van der Waals surface area contributed by atoms with Gasteiger partial charge in [-0.25, -0.2) is 8.42 Å². The number of primary amides is 1. The largest absolute Gasteiger partial charge is 0.496 e. The van der Waals surface area contributed by atoms with Crippen LogP contribution in [0.3, 0.4) is 0 Å². The molecule has 38 heavy (non-hydrogen) atoms. The molecular weight excluding hydrogens is 546 g/mol. The highest BCUT2D eigenvalue weighted by Gasteiger charge is 2.41. The minimum Gasteiger partial charge on any atom is -0.496 e. The summed E-state index contributed by atoms with van der Waals surface area (Å²) < 4.78 is 36.5. The number of halogens is 1. The summed E-state index contributed by atoms with van der Waals surface area (Å²) in [4.78, 5) is 14.2. The average molecular weight is 574 g/mol. The van der Waals surface area contributed by atoms with Crippen LogP contribution in [-0.4, -0.2) is 48.2 Å². The second-order valence-electron chi connectivity index (χ2n) is 9.51. The number of aromatic nitrogens is 2. The molecule has 1 fully saturated rings. The van der Waals surface area contributed by atoms with E-state index in [2.05, 4.69) is 20.8 Å². The molecule has 3 heterocycles. The summed E-state index contributed by atoms with van der Waals surface area (Å²) in [6.45, 7) is 3.72. The van der Waals surface area contributed by atoms with Gasteiger partial charge >= 0.3 is 0 Å². The Labute approximate surface area is 230 Å². The molecule has 4 aromatic rings. The summed E-state index contributed by atoms with van der Waals surface area (Å²) in [5, 5.41) is 5.20. The van der Waals surface area contributed by atoms with Crippen molar-refractivity contribution in [2.24, 2.45) is 5.73 Å². The van der Waals surface area contributed by atoms with Gasteiger partial charge in [-0.2, -0.15) is 5.10 Å². The number of thiophene rings is 1. The third kappa shape index (κ3) is 4.98. The molecule has 1 saturated heterocycles. The first-order chi connectivity index (χ1) is 18.1. The number of amides is 1. The summed E-state index contributed by atoms with van der Waals surface area (Å²) in [6, 6.07) is 16.5. The molecule has 2 aromatic carbocycles. The van der Waals surface area contributed by atoms with E-state index in [1.165, 1.54) is 13.2 Å². The van der Waals surface area contributed by atoms with Crippen LogP contribution in [0.2, 0.25) is 4.34 Å². The number of benzene rings is 2. The molecule has 200 valence electrons. The van der Waals surface area contributed by atoms with Crippen LogP contribution in [0, 0.1) is 0 Å². The van der Waals surface area contributed by atoms with E-state index in [0.29, 0.717) is 28.6 Å². The number of carbonyl (C=O) groups is 1. The van der Waals surface area contributed by atoms with Gasteiger partial charge in [0.1, 0.15) is 9.96 Å². The highest BCUT2D eigenvalue weighted by atomic mass is 35.5. The second-order valence-corrected chi connectivity index (χ2v) is 13.1. The summed E-state index contributed by atoms with van der Waals surface area (Å²) in [5.74, 6) is 0.375. The lowest BCUT2D eigenvalue weighted by atomic mass is 9.97. The zero-order valence-corrected chi connectivity index (χ0v) is 23.4. The topological polar surface area (TPSA) is 120 Å². The lowest BCUT2D eigenvalue weighted by molar-refractivity contribution is -0.127. The minimum absolute atomic E-state index is 0.0951. The monoisotopic (exact) mass is 573 g/mol. The third-order valence-corrected chi connectivity index (χ3v) is 10.1. The predicted octanol–water partition coefficient (Wildman–Crippen LogP) is 4.45. The lowest BCUT2D eigenvalue weighted by Gasteiger charge is -2.32. The van der Waals surface area contributed by atoms with Crippen molar-refractivity contribution in [3.8, 4) is 5.75 Å². The van der Waals surface area contributed by atoms with E-state index >= 15 is 0 Å². The Balaban J connectivity index is 1.46. The summed E-state index contributed by atoms with van der Waals surface area (Å²) in [5.41, 5.74) is 7.82. The number of nitrogens with one attached hydrogen (secondary N) is 1. The van der Waals surface area contributed by atoms with Crippen molar-refractivity contribution < 1.29 is 17.9 Å². The number of likely N-dealkylation sites (tertiary alicyclic amines) is 1. The van der Waals surface area contributed by atoms with Gasteiger partial charge in [-0.1, -0.05) is 41.9 Å². The van der Waals surface area contributed by atoms with Crippen LogP contribution in [0.25, 0.3) is 10.9 Å². The standard InChI is InChI=1S/C26H28ClN5O4S2/c1-26(25(28)33)12-5-13-31(26)15-17-6-3-7-18(14-17)16-32-19-8-4-9-20(36-2)23(19)24(29-32)30-38(34,35)22-11-10-21(27)37-22/h3-4,6-11,14H,5,12-13,15-16H2,1-2H3,(H2,28,33)(H,29,30)/t26-/m0/s1. The van der Waals surface area contributed by atoms with E-state index in [1.54, 1.807) is 16.8 Å². The Morgan fingerprint density at radius 1 is 1.18 bits per heavy atom. The Kier molecular flexibility index (Phi) is 7.12. The van der Waals surface area contributed by atoms with Crippen LogP contribution in [0.1, 0.15) is 30.9 Å². The van der Waals surface area contributed by atoms with Gasteiger partial charge in [-0.3, -0.25) is 19.1 Å². The van der Waals surface area contributed by atoms with Crippen molar-refractivity contribution in [2.45, 2.75) is 42.6 Å². The molecule has 1 atom stereocenters. The van der Waals surface area contributed by atoms with Crippen molar-refractivity contribution in [3.63, 3.8) is 0 Å². The van der Waals surface area contributed by atoms with Crippen molar-refractivity contribution in [2.75, 3.05) is 18.4 Å². The van der Waals surface area contributed by atoms with Gasteiger partial charge in [-0.05, 0) is 61.7 Å². The smallest absolute Gasteiger partial charge is 0.272 e. The van der Waals surface area contributed by atoms with E-state index in [4.69, 9.17) is 22.1 Å². The molecule has 0 bridgehead atoms. The molecule has 1 aliphatic rings. The first-order valence-corrected chi connectivity index (χ1v) is 14.7. The zero-order chi connectivity index (χ0) is 27.1. The average Bonchev–Trinajstić information content (AvgIpc) is 3.58. The molecule has 0 spiro atoms. The fourth-order valence-corrected chi connectivity index (χ4v) is 7.44. The summed E-state index contributed by atoms with van der Waals surface area (Å²) in [7, 11) is -2.36. The number of nitrogens with two attached hydrogens (primary N) is 1. The van der Waals surface area contributed by atoms with Gasteiger partial charge in [0.2, 0.25) is 5.91 Å². The molecule has 3 N–H and O–H groups in total. The molecule has 0 saturated carbocycles. The fraction of sp³-hybridized carbons (Fsp3) is 0.308. The highest BCUT2D eigenvalue weighted by Crippen LogP contribution is 2.35. The molecule has 1 amide bonds. The number of nitrogens with zero attached hydrogens (tertiary/aromatic N) is 3. The third-order valence-electron chi connectivity index (χ3n) is 7.02. The van der Waals surface area contributed by atoms with Crippen LogP contribution in [-0.2, 0) is 27.9 Å². The number of methoxy groups -OCH3 is 1. The molecule has 12 heteroatoms. The molecular formula is C26H28ClN5O4S2. The van der Waals surface area contributed by atoms with Crippen molar-refractivity contribution in [3.05, 3.63) is 70.1 Å². The van der Waals surface area contributed by atoms with Crippen LogP contribution < -0.4 is 15.2 Å².